The summed E-state index contributed by atoms with van der Waals surface area (Å²) in [5, 5.41) is 15.3. The molecule has 1 fully saturated rings. The molecule has 1 saturated heterocycles. The Hall–Kier alpha value is -1.10. The highest BCUT2D eigenvalue weighted by Gasteiger charge is 2.34. The summed E-state index contributed by atoms with van der Waals surface area (Å²) in [6, 6.07) is 16.1. The van der Waals surface area contributed by atoms with Crippen molar-refractivity contribution in [2.75, 3.05) is 19.6 Å². The Labute approximate surface area is 159 Å². The van der Waals surface area contributed by atoms with Crippen LogP contribution in [0.15, 0.2) is 48.5 Å². The molecule has 0 aromatic heterocycles. The normalized spacial score (nSPS) is 19.4. The summed E-state index contributed by atoms with van der Waals surface area (Å²) < 4.78 is 0. The van der Waals surface area contributed by atoms with Gasteiger partial charge in [-0.15, -0.1) is 0 Å². The second kappa shape index (κ2) is 7.65. The van der Waals surface area contributed by atoms with Gasteiger partial charge in [-0.05, 0) is 49.2 Å². The van der Waals surface area contributed by atoms with Gasteiger partial charge in [-0.1, -0.05) is 47.5 Å². The van der Waals surface area contributed by atoms with Gasteiger partial charge in [0.1, 0.15) is 0 Å². The fraction of sp³-hybridized carbons (Fsp3) is 0.400. The summed E-state index contributed by atoms with van der Waals surface area (Å²) in [7, 11) is 0. The molecule has 0 aliphatic carbocycles. The molecular formula is C20H24Cl2N2O. The van der Waals surface area contributed by atoms with E-state index in [4.69, 9.17) is 23.2 Å². The highest BCUT2D eigenvalue weighted by molar-refractivity contribution is 6.30. The minimum atomic E-state index is -0.775. The molecule has 1 heterocycles. The van der Waals surface area contributed by atoms with Crippen LogP contribution in [0.5, 0.6) is 0 Å². The number of rotatable bonds is 4. The zero-order chi connectivity index (χ0) is 18.0. The zero-order valence-corrected chi connectivity index (χ0v) is 16.1. The van der Waals surface area contributed by atoms with Crippen LogP contribution in [-0.2, 0) is 0 Å². The second-order valence-corrected chi connectivity index (χ2v) is 8.03. The summed E-state index contributed by atoms with van der Waals surface area (Å²) in [4.78, 5) is 2.41. The van der Waals surface area contributed by atoms with Crippen molar-refractivity contribution in [3.8, 4) is 0 Å². The van der Waals surface area contributed by atoms with Crippen molar-refractivity contribution in [2.45, 2.75) is 31.5 Å². The quantitative estimate of drug-likeness (QED) is 0.839. The Balaban J connectivity index is 1.96. The third-order valence-electron chi connectivity index (χ3n) is 4.80. The van der Waals surface area contributed by atoms with Gasteiger partial charge in [0, 0.05) is 35.7 Å². The van der Waals surface area contributed by atoms with Crippen molar-refractivity contribution in [1.82, 2.24) is 10.2 Å². The molecule has 0 spiro atoms. The maximum atomic E-state index is 10.4. The lowest BCUT2D eigenvalue weighted by molar-refractivity contribution is 0.00370. The van der Waals surface area contributed by atoms with Crippen LogP contribution < -0.4 is 5.32 Å². The van der Waals surface area contributed by atoms with Crippen LogP contribution >= 0.6 is 23.2 Å². The fourth-order valence-electron chi connectivity index (χ4n) is 3.38. The summed E-state index contributed by atoms with van der Waals surface area (Å²) in [5.74, 6) is 0. The van der Waals surface area contributed by atoms with Crippen molar-refractivity contribution >= 4 is 23.2 Å². The molecule has 3 nitrogen and oxygen atoms in total. The van der Waals surface area contributed by atoms with E-state index in [0.717, 1.165) is 29.7 Å². The van der Waals surface area contributed by atoms with Gasteiger partial charge >= 0.3 is 0 Å². The first-order chi connectivity index (χ1) is 11.8. The molecule has 3 rings (SSSR count). The highest BCUT2D eigenvalue weighted by atomic mass is 35.5. The van der Waals surface area contributed by atoms with E-state index in [1.54, 1.807) is 0 Å². The fourth-order valence-corrected chi connectivity index (χ4v) is 3.64. The predicted molar refractivity (Wildman–Crippen MR) is 104 cm³/mol. The average molecular weight is 379 g/mol. The highest BCUT2D eigenvalue weighted by Crippen LogP contribution is 2.32. The second-order valence-electron chi connectivity index (χ2n) is 7.16. The SMILES string of the molecule is CC(C)(O)[C@H]1CN(C(c2ccc(Cl)cc2)c2ccc(Cl)cc2)CCN1. The standard InChI is InChI=1S/C20H24Cl2N2O/c1-20(2,25)18-13-24(12-11-23-18)19(14-3-7-16(21)8-4-14)15-5-9-17(22)10-6-15/h3-10,18-19,23,25H,11-13H2,1-2H3/t18-/m1/s1. The molecule has 25 heavy (non-hydrogen) atoms. The largest absolute Gasteiger partial charge is 0.389 e. The first-order valence-corrected chi connectivity index (χ1v) is 9.31. The molecule has 0 saturated carbocycles. The maximum absolute atomic E-state index is 10.4. The Kier molecular flexibility index (Phi) is 5.71. The van der Waals surface area contributed by atoms with Crippen LogP contribution in [0.3, 0.4) is 0 Å². The molecule has 1 aliphatic heterocycles. The van der Waals surface area contributed by atoms with Crippen molar-refractivity contribution < 1.29 is 5.11 Å². The molecule has 2 aromatic carbocycles. The molecule has 1 atom stereocenters. The third-order valence-corrected chi connectivity index (χ3v) is 5.30. The molecule has 1 aliphatic rings. The van der Waals surface area contributed by atoms with Crippen molar-refractivity contribution in [1.29, 1.82) is 0 Å². The molecule has 2 aromatic rings. The van der Waals surface area contributed by atoms with Crippen molar-refractivity contribution in [3.63, 3.8) is 0 Å². The topological polar surface area (TPSA) is 35.5 Å². The van der Waals surface area contributed by atoms with Crippen molar-refractivity contribution in [3.05, 3.63) is 69.7 Å². The van der Waals surface area contributed by atoms with Gasteiger partial charge in [-0.2, -0.15) is 0 Å². The van der Waals surface area contributed by atoms with Crippen LogP contribution in [-0.4, -0.2) is 41.3 Å². The number of aliphatic hydroxyl groups is 1. The number of nitrogens with one attached hydrogen (secondary N) is 1. The van der Waals surface area contributed by atoms with E-state index in [9.17, 15) is 5.11 Å². The number of nitrogens with zero attached hydrogens (tertiary/aromatic N) is 1. The van der Waals surface area contributed by atoms with E-state index < -0.39 is 5.60 Å². The molecular weight excluding hydrogens is 355 g/mol. The van der Waals surface area contributed by atoms with Gasteiger partial charge < -0.3 is 10.4 Å². The molecule has 134 valence electrons. The summed E-state index contributed by atoms with van der Waals surface area (Å²) in [6.45, 7) is 6.22. The summed E-state index contributed by atoms with van der Waals surface area (Å²) >= 11 is 12.2. The molecule has 2 N–H and O–H groups in total. The first kappa shape index (κ1) is 18.7. The lowest BCUT2D eigenvalue weighted by Crippen LogP contribution is -2.59. The number of piperazine rings is 1. The van der Waals surface area contributed by atoms with E-state index in [1.807, 2.05) is 38.1 Å². The van der Waals surface area contributed by atoms with Gasteiger partial charge in [0.25, 0.3) is 0 Å². The Morgan fingerprint density at radius 1 is 1.00 bits per heavy atom. The van der Waals surface area contributed by atoms with Gasteiger partial charge in [-0.25, -0.2) is 0 Å². The average Bonchev–Trinajstić information content (AvgIpc) is 2.58. The minimum Gasteiger partial charge on any atom is -0.389 e. The Morgan fingerprint density at radius 3 is 1.92 bits per heavy atom. The van der Waals surface area contributed by atoms with Gasteiger partial charge in [-0.3, -0.25) is 4.90 Å². The van der Waals surface area contributed by atoms with E-state index >= 15 is 0 Å². The van der Waals surface area contributed by atoms with Gasteiger partial charge in [0.05, 0.1) is 11.6 Å². The Bertz CT molecular complexity index is 650. The molecule has 0 amide bonds. The Morgan fingerprint density at radius 2 is 1.48 bits per heavy atom. The minimum absolute atomic E-state index is 0.0170. The van der Waals surface area contributed by atoms with E-state index in [-0.39, 0.29) is 12.1 Å². The summed E-state index contributed by atoms with van der Waals surface area (Å²) in [5.41, 5.74) is 1.59. The number of hydrogen-bond donors (Lipinski definition) is 2. The van der Waals surface area contributed by atoms with Crippen LogP contribution in [0, 0.1) is 0 Å². The number of benzene rings is 2. The van der Waals surface area contributed by atoms with Crippen LogP contribution in [0.1, 0.15) is 31.0 Å². The first-order valence-electron chi connectivity index (χ1n) is 8.55. The van der Waals surface area contributed by atoms with Gasteiger partial charge in [0.2, 0.25) is 0 Å². The molecule has 0 unspecified atom stereocenters. The lowest BCUT2D eigenvalue weighted by atomic mass is 9.92. The predicted octanol–water partition coefficient (Wildman–Crippen LogP) is 4.13. The van der Waals surface area contributed by atoms with Gasteiger partial charge in [0.15, 0.2) is 0 Å². The number of hydrogen-bond acceptors (Lipinski definition) is 3. The number of halogens is 2. The third kappa shape index (κ3) is 4.55. The van der Waals surface area contributed by atoms with Crippen LogP contribution in [0.2, 0.25) is 10.0 Å². The van der Waals surface area contributed by atoms with Crippen molar-refractivity contribution in [2.24, 2.45) is 0 Å². The van der Waals surface area contributed by atoms with E-state index in [0.29, 0.717) is 0 Å². The molecule has 0 bridgehead atoms. The zero-order valence-electron chi connectivity index (χ0n) is 14.5. The van der Waals surface area contributed by atoms with E-state index in [1.165, 1.54) is 11.1 Å². The lowest BCUT2D eigenvalue weighted by Gasteiger charge is -2.43. The molecule has 5 heteroatoms. The van der Waals surface area contributed by atoms with Crippen LogP contribution in [0.4, 0.5) is 0 Å². The smallest absolute Gasteiger partial charge is 0.0756 e. The van der Waals surface area contributed by atoms with Crippen LogP contribution in [0.25, 0.3) is 0 Å². The van der Waals surface area contributed by atoms with E-state index in [2.05, 4.69) is 34.5 Å². The maximum Gasteiger partial charge on any atom is 0.0756 e. The summed E-state index contributed by atoms with van der Waals surface area (Å²) in [6.07, 6.45) is 0. The monoisotopic (exact) mass is 378 g/mol. The molecule has 0 radical (unpaired) electrons.